The van der Waals surface area contributed by atoms with Gasteiger partial charge in [0.05, 0.1) is 24.4 Å². The molecule has 2 amide bonds. The van der Waals surface area contributed by atoms with Crippen molar-refractivity contribution in [3.05, 3.63) is 12.4 Å². The molecule has 1 saturated heterocycles. The quantitative estimate of drug-likeness (QED) is 0.831. The summed E-state index contributed by atoms with van der Waals surface area (Å²) >= 11 is 0. The molecule has 1 aliphatic carbocycles. The predicted molar refractivity (Wildman–Crippen MR) is 84.8 cm³/mol. The van der Waals surface area contributed by atoms with E-state index in [-0.39, 0.29) is 24.5 Å². The number of carbonyl (C=O) groups is 2. The lowest BCUT2D eigenvalue weighted by atomic mass is 10.2. The molecule has 23 heavy (non-hydrogen) atoms. The van der Waals surface area contributed by atoms with E-state index < -0.39 is 0 Å². The van der Waals surface area contributed by atoms with Crippen molar-refractivity contribution in [2.45, 2.75) is 63.6 Å². The van der Waals surface area contributed by atoms with Crippen LogP contribution in [0.4, 0.5) is 5.69 Å². The van der Waals surface area contributed by atoms with Gasteiger partial charge in [-0.3, -0.25) is 14.3 Å². The molecule has 0 aromatic carbocycles. The van der Waals surface area contributed by atoms with Gasteiger partial charge in [0.25, 0.3) is 0 Å². The highest BCUT2D eigenvalue weighted by Gasteiger charge is 2.20. The summed E-state index contributed by atoms with van der Waals surface area (Å²) < 4.78 is 7.00. The van der Waals surface area contributed by atoms with Crippen LogP contribution in [0.2, 0.25) is 0 Å². The Morgan fingerprint density at radius 3 is 2.78 bits per heavy atom. The minimum Gasteiger partial charge on any atom is -0.378 e. The van der Waals surface area contributed by atoms with Gasteiger partial charge in [-0.2, -0.15) is 5.10 Å². The van der Waals surface area contributed by atoms with Crippen LogP contribution >= 0.6 is 0 Å². The van der Waals surface area contributed by atoms with Crippen molar-refractivity contribution >= 4 is 17.5 Å². The molecule has 0 spiro atoms. The molecule has 0 bridgehead atoms. The van der Waals surface area contributed by atoms with Gasteiger partial charge in [-0.25, -0.2) is 0 Å². The summed E-state index contributed by atoms with van der Waals surface area (Å²) in [6.07, 6.45) is 10.1. The molecule has 2 heterocycles. The number of carbonyl (C=O) groups excluding carboxylic acids is 2. The fraction of sp³-hybridized carbons (Fsp3) is 0.688. The Kier molecular flexibility index (Phi) is 5.27. The number of ether oxygens (including phenoxy) is 1. The SMILES string of the molecule is O=C(C[C@H]1CCCO1)Nc1cnn(CC(=O)NC2CCCC2)c1. The summed E-state index contributed by atoms with van der Waals surface area (Å²) in [5, 5.41) is 9.95. The maximum absolute atomic E-state index is 12.0. The van der Waals surface area contributed by atoms with Crippen LogP contribution in [0, 0.1) is 0 Å². The molecular weight excluding hydrogens is 296 g/mol. The van der Waals surface area contributed by atoms with Gasteiger partial charge in [0.2, 0.25) is 11.8 Å². The van der Waals surface area contributed by atoms with E-state index in [1.807, 2.05) is 0 Å². The van der Waals surface area contributed by atoms with Crippen molar-refractivity contribution in [2.75, 3.05) is 11.9 Å². The minimum atomic E-state index is -0.0770. The van der Waals surface area contributed by atoms with Crippen LogP contribution in [0.1, 0.15) is 44.9 Å². The standard InChI is InChI=1S/C16H24N4O3/c21-15(8-14-6-3-7-23-14)19-13-9-17-20(10-13)11-16(22)18-12-4-1-2-5-12/h9-10,12,14H,1-8,11H2,(H,18,22)(H,19,21)/t14-/m1/s1. The summed E-state index contributed by atoms with van der Waals surface area (Å²) in [5.41, 5.74) is 0.613. The highest BCUT2D eigenvalue weighted by Crippen LogP contribution is 2.18. The van der Waals surface area contributed by atoms with E-state index in [1.54, 1.807) is 17.1 Å². The van der Waals surface area contributed by atoms with E-state index in [0.717, 1.165) is 32.3 Å². The number of rotatable bonds is 6. The van der Waals surface area contributed by atoms with Crippen molar-refractivity contribution in [1.82, 2.24) is 15.1 Å². The summed E-state index contributed by atoms with van der Waals surface area (Å²) in [4.78, 5) is 23.9. The number of amides is 2. The number of anilines is 1. The first-order valence-corrected chi connectivity index (χ1v) is 8.42. The molecule has 2 fully saturated rings. The summed E-state index contributed by atoms with van der Waals surface area (Å²) in [5.74, 6) is -0.107. The number of hydrogen-bond donors (Lipinski definition) is 2. The fourth-order valence-electron chi connectivity index (χ4n) is 3.23. The van der Waals surface area contributed by atoms with E-state index in [1.165, 1.54) is 12.8 Å². The van der Waals surface area contributed by atoms with Crippen molar-refractivity contribution in [3.8, 4) is 0 Å². The Hall–Kier alpha value is -1.89. The molecule has 1 aromatic rings. The molecule has 1 aromatic heterocycles. The van der Waals surface area contributed by atoms with Crippen LogP contribution < -0.4 is 10.6 Å². The van der Waals surface area contributed by atoms with Crippen molar-refractivity contribution in [1.29, 1.82) is 0 Å². The molecule has 7 nitrogen and oxygen atoms in total. The molecule has 126 valence electrons. The first-order valence-electron chi connectivity index (χ1n) is 8.42. The van der Waals surface area contributed by atoms with Crippen molar-refractivity contribution in [2.24, 2.45) is 0 Å². The molecule has 2 N–H and O–H groups in total. The van der Waals surface area contributed by atoms with Gasteiger partial charge >= 0.3 is 0 Å². The molecule has 3 rings (SSSR count). The number of nitrogens with one attached hydrogen (secondary N) is 2. The normalized spacial score (nSPS) is 21.5. The van der Waals surface area contributed by atoms with E-state index in [2.05, 4.69) is 15.7 Å². The van der Waals surface area contributed by atoms with Gasteiger partial charge in [-0.1, -0.05) is 12.8 Å². The molecule has 0 radical (unpaired) electrons. The van der Waals surface area contributed by atoms with Gasteiger partial charge in [0.1, 0.15) is 6.54 Å². The van der Waals surface area contributed by atoms with Crippen molar-refractivity contribution < 1.29 is 14.3 Å². The van der Waals surface area contributed by atoms with Crippen LogP contribution in [0.15, 0.2) is 12.4 Å². The average molecular weight is 320 g/mol. The zero-order valence-electron chi connectivity index (χ0n) is 13.3. The second-order valence-electron chi connectivity index (χ2n) is 6.36. The lowest BCUT2D eigenvalue weighted by Gasteiger charge is -2.11. The third kappa shape index (κ3) is 4.79. The first kappa shape index (κ1) is 16.0. The van der Waals surface area contributed by atoms with E-state index in [9.17, 15) is 9.59 Å². The molecular formula is C16H24N4O3. The monoisotopic (exact) mass is 320 g/mol. The van der Waals surface area contributed by atoms with Gasteiger partial charge in [0, 0.05) is 18.8 Å². The van der Waals surface area contributed by atoms with Crippen LogP contribution in [-0.4, -0.2) is 40.3 Å². The molecule has 1 aliphatic heterocycles. The average Bonchev–Trinajstić information content (AvgIpc) is 3.22. The van der Waals surface area contributed by atoms with E-state index in [4.69, 9.17) is 4.74 Å². The number of aromatic nitrogens is 2. The minimum absolute atomic E-state index is 0.0298. The van der Waals surface area contributed by atoms with Gasteiger partial charge < -0.3 is 15.4 Å². The Morgan fingerprint density at radius 1 is 1.22 bits per heavy atom. The smallest absolute Gasteiger partial charge is 0.241 e. The zero-order chi connectivity index (χ0) is 16.1. The van der Waals surface area contributed by atoms with Crippen molar-refractivity contribution in [3.63, 3.8) is 0 Å². The van der Waals surface area contributed by atoms with Gasteiger partial charge in [0.15, 0.2) is 0 Å². The fourth-order valence-corrected chi connectivity index (χ4v) is 3.23. The zero-order valence-corrected chi connectivity index (χ0v) is 13.3. The van der Waals surface area contributed by atoms with Crippen LogP contribution in [0.25, 0.3) is 0 Å². The topological polar surface area (TPSA) is 85.2 Å². The summed E-state index contributed by atoms with van der Waals surface area (Å²) in [6, 6.07) is 0.309. The second kappa shape index (κ2) is 7.59. The first-order chi connectivity index (χ1) is 11.2. The lowest BCUT2D eigenvalue weighted by molar-refractivity contribution is -0.122. The molecule has 1 atom stereocenters. The van der Waals surface area contributed by atoms with Crippen LogP contribution in [0.3, 0.4) is 0 Å². The molecule has 1 saturated carbocycles. The highest BCUT2D eigenvalue weighted by atomic mass is 16.5. The van der Waals surface area contributed by atoms with Gasteiger partial charge in [-0.05, 0) is 25.7 Å². The Bertz CT molecular complexity index is 499. The third-order valence-electron chi connectivity index (χ3n) is 4.38. The second-order valence-corrected chi connectivity index (χ2v) is 6.36. The Morgan fingerprint density at radius 2 is 2.04 bits per heavy atom. The summed E-state index contributed by atoms with van der Waals surface area (Å²) in [7, 11) is 0. The van der Waals surface area contributed by atoms with Gasteiger partial charge in [-0.15, -0.1) is 0 Å². The maximum Gasteiger partial charge on any atom is 0.241 e. The van der Waals surface area contributed by atoms with E-state index in [0.29, 0.717) is 18.2 Å². The molecule has 2 aliphatic rings. The van der Waals surface area contributed by atoms with E-state index >= 15 is 0 Å². The molecule has 7 heteroatoms. The Balaban J connectivity index is 1.43. The highest BCUT2D eigenvalue weighted by molar-refractivity contribution is 5.90. The maximum atomic E-state index is 12.0. The third-order valence-corrected chi connectivity index (χ3v) is 4.38. The number of hydrogen-bond acceptors (Lipinski definition) is 4. The lowest BCUT2D eigenvalue weighted by Crippen LogP contribution is -2.35. The van der Waals surface area contributed by atoms with Crippen LogP contribution in [-0.2, 0) is 20.9 Å². The Labute approximate surface area is 135 Å². The predicted octanol–water partition coefficient (Wildman–Crippen LogP) is 1.45. The summed E-state index contributed by atoms with van der Waals surface area (Å²) in [6.45, 7) is 0.921. The largest absolute Gasteiger partial charge is 0.378 e. The molecule has 0 unspecified atom stereocenters. The van der Waals surface area contributed by atoms with Crippen LogP contribution in [0.5, 0.6) is 0 Å². The number of nitrogens with zero attached hydrogens (tertiary/aromatic N) is 2.